The second kappa shape index (κ2) is 3.83. The topological polar surface area (TPSA) is 55.1 Å². The molecule has 0 saturated heterocycles. The number of nitrogens with one attached hydrogen (secondary N) is 1. The minimum absolute atomic E-state index is 0.00429. The summed E-state index contributed by atoms with van der Waals surface area (Å²) in [6.07, 6.45) is 0.704. The lowest BCUT2D eigenvalue weighted by Gasteiger charge is -2.25. The summed E-state index contributed by atoms with van der Waals surface area (Å²) in [5.74, 6) is -0.117. The Morgan fingerprint density at radius 1 is 1.60 bits per heavy atom. The number of anilines is 1. The van der Waals surface area contributed by atoms with Crippen molar-refractivity contribution in [3.8, 4) is 0 Å². The van der Waals surface area contributed by atoms with Crippen molar-refractivity contribution in [2.24, 2.45) is 11.7 Å². The molecular formula is C11H13ClN2O. The lowest BCUT2D eigenvalue weighted by atomic mass is 9.91. The molecule has 80 valence electrons. The lowest BCUT2D eigenvalue weighted by molar-refractivity contribution is -0.119. The van der Waals surface area contributed by atoms with Gasteiger partial charge in [0.2, 0.25) is 5.91 Å². The van der Waals surface area contributed by atoms with Gasteiger partial charge in [0, 0.05) is 17.3 Å². The van der Waals surface area contributed by atoms with Crippen molar-refractivity contribution < 1.29 is 4.79 Å². The van der Waals surface area contributed by atoms with Crippen molar-refractivity contribution >= 4 is 23.2 Å². The van der Waals surface area contributed by atoms with E-state index in [0.717, 1.165) is 16.8 Å². The molecular weight excluding hydrogens is 212 g/mol. The standard InChI is InChI=1S/C11H13ClN2O/c1-6-9(12)3-2-7-4-8(5-13)11(15)14-10(6)7/h2-3,8H,4-5,13H2,1H3,(H,14,15). The summed E-state index contributed by atoms with van der Waals surface area (Å²) in [6.45, 7) is 2.29. The molecule has 1 aliphatic heterocycles. The van der Waals surface area contributed by atoms with Gasteiger partial charge in [-0.15, -0.1) is 0 Å². The van der Waals surface area contributed by atoms with Gasteiger partial charge in [-0.05, 0) is 30.5 Å². The molecule has 1 atom stereocenters. The smallest absolute Gasteiger partial charge is 0.229 e. The van der Waals surface area contributed by atoms with Crippen LogP contribution in [0.15, 0.2) is 12.1 Å². The SMILES string of the molecule is Cc1c(Cl)ccc2c1NC(=O)C(CN)C2. The maximum Gasteiger partial charge on any atom is 0.229 e. The number of carbonyl (C=O) groups is 1. The molecule has 0 aromatic heterocycles. The van der Waals surface area contributed by atoms with Crippen LogP contribution in [0.25, 0.3) is 0 Å². The summed E-state index contributed by atoms with van der Waals surface area (Å²) in [4.78, 5) is 11.6. The van der Waals surface area contributed by atoms with Crippen LogP contribution in [-0.2, 0) is 11.2 Å². The van der Waals surface area contributed by atoms with Crippen molar-refractivity contribution in [2.75, 3.05) is 11.9 Å². The Balaban J connectivity index is 2.45. The highest BCUT2D eigenvalue weighted by Gasteiger charge is 2.26. The average Bonchev–Trinajstić information content (AvgIpc) is 2.24. The summed E-state index contributed by atoms with van der Waals surface area (Å²) in [7, 11) is 0. The van der Waals surface area contributed by atoms with Gasteiger partial charge in [0.25, 0.3) is 0 Å². The molecule has 0 saturated carbocycles. The van der Waals surface area contributed by atoms with Crippen LogP contribution in [0, 0.1) is 12.8 Å². The maximum atomic E-state index is 11.6. The monoisotopic (exact) mass is 224 g/mol. The number of amides is 1. The minimum Gasteiger partial charge on any atom is -0.330 e. The van der Waals surface area contributed by atoms with Gasteiger partial charge in [-0.1, -0.05) is 17.7 Å². The van der Waals surface area contributed by atoms with E-state index >= 15 is 0 Å². The molecule has 3 N–H and O–H groups in total. The van der Waals surface area contributed by atoms with Crippen LogP contribution in [0.2, 0.25) is 5.02 Å². The van der Waals surface area contributed by atoms with Crippen molar-refractivity contribution in [3.63, 3.8) is 0 Å². The number of halogens is 1. The Morgan fingerprint density at radius 3 is 3.00 bits per heavy atom. The van der Waals surface area contributed by atoms with Crippen molar-refractivity contribution in [1.29, 1.82) is 0 Å². The van der Waals surface area contributed by atoms with E-state index in [2.05, 4.69) is 5.32 Å². The van der Waals surface area contributed by atoms with Gasteiger partial charge in [0.1, 0.15) is 0 Å². The zero-order chi connectivity index (χ0) is 11.0. The Morgan fingerprint density at radius 2 is 2.33 bits per heavy atom. The fourth-order valence-electron chi connectivity index (χ4n) is 1.86. The molecule has 0 fully saturated rings. The van der Waals surface area contributed by atoms with Crippen LogP contribution in [0.1, 0.15) is 11.1 Å². The molecule has 1 amide bonds. The number of hydrogen-bond acceptors (Lipinski definition) is 2. The van der Waals surface area contributed by atoms with Gasteiger partial charge < -0.3 is 11.1 Å². The number of hydrogen-bond donors (Lipinski definition) is 2. The third kappa shape index (κ3) is 1.73. The first-order chi connectivity index (χ1) is 7.13. The Labute approximate surface area is 93.6 Å². The molecule has 0 aliphatic carbocycles. The van der Waals surface area contributed by atoms with Gasteiger partial charge in [0.15, 0.2) is 0 Å². The van der Waals surface area contributed by atoms with E-state index in [1.807, 2.05) is 19.1 Å². The Bertz CT molecular complexity index is 417. The van der Waals surface area contributed by atoms with Gasteiger partial charge in [-0.2, -0.15) is 0 Å². The summed E-state index contributed by atoms with van der Waals surface area (Å²) < 4.78 is 0. The van der Waals surface area contributed by atoms with E-state index in [-0.39, 0.29) is 11.8 Å². The van der Waals surface area contributed by atoms with Crippen molar-refractivity contribution in [1.82, 2.24) is 0 Å². The normalized spacial score (nSPS) is 19.7. The first kappa shape index (κ1) is 10.5. The fourth-order valence-corrected chi connectivity index (χ4v) is 2.02. The zero-order valence-corrected chi connectivity index (χ0v) is 9.27. The number of nitrogens with two attached hydrogens (primary N) is 1. The van der Waals surface area contributed by atoms with E-state index < -0.39 is 0 Å². The highest BCUT2D eigenvalue weighted by molar-refractivity contribution is 6.31. The third-order valence-electron chi connectivity index (χ3n) is 2.86. The number of benzene rings is 1. The molecule has 1 aromatic carbocycles. The highest BCUT2D eigenvalue weighted by atomic mass is 35.5. The summed E-state index contributed by atoms with van der Waals surface area (Å²) >= 11 is 5.99. The van der Waals surface area contributed by atoms with Gasteiger partial charge in [-0.3, -0.25) is 4.79 Å². The van der Waals surface area contributed by atoms with Crippen LogP contribution in [0.3, 0.4) is 0 Å². The van der Waals surface area contributed by atoms with Crippen LogP contribution >= 0.6 is 11.6 Å². The van der Waals surface area contributed by atoms with Crippen LogP contribution in [0.5, 0.6) is 0 Å². The van der Waals surface area contributed by atoms with Gasteiger partial charge >= 0.3 is 0 Å². The van der Waals surface area contributed by atoms with Crippen molar-refractivity contribution in [3.05, 3.63) is 28.3 Å². The third-order valence-corrected chi connectivity index (χ3v) is 3.26. The molecule has 3 nitrogen and oxygen atoms in total. The summed E-state index contributed by atoms with van der Waals surface area (Å²) in [5, 5.41) is 3.55. The number of rotatable bonds is 1. The molecule has 0 radical (unpaired) electrons. The molecule has 1 aliphatic rings. The minimum atomic E-state index is -0.113. The predicted octanol–water partition coefficient (Wildman–Crippen LogP) is 1.72. The summed E-state index contributed by atoms with van der Waals surface area (Å²) in [5.41, 5.74) is 8.44. The number of fused-ring (bicyclic) bond motifs is 1. The number of carbonyl (C=O) groups excluding carboxylic acids is 1. The zero-order valence-electron chi connectivity index (χ0n) is 8.51. The summed E-state index contributed by atoms with van der Waals surface area (Å²) in [6, 6.07) is 3.81. The quantitative estimate of drug-likeness (QED) is 0.763. The van der Waals surface area contributed by atoms with Crippen LogP contribution in [-0.4, -0.2) is 12.5 Å². The Hall–Kier alpha value is -1.06. The molecule has 15 heavy (non-hydrogen) atoms. The largest absolute Gasteiger partial charge is 0.330 e. The Kier molecular flexibility index (Phi) is 2.67. The lowest BCUT2D eigenvalue weighted by Crippen LogP contribution is -2.35. The molecule has 1 heterocycles. The van der Waals surface area contributed by atoms with Gasteiger partial charge in [0.05, 0.1) is 5.92 Å². The maximum absolute atomic E-state index is 11.6. The fraction of sp³-hybridized carbons (Fsp3) is 0.364. The average molecular weight is 225 g/mol. The van der Waals surface area contributed by atoms with Crippen LogP contribution < -0.4 is 11.1 Å². The second-order valence-electron chi connectivity index (χ2n) is 3.83. The molecule has 1 unspecified atom stereocenters. The molecule has 1 aromatic rings. The van der Waals surface area contributed by atoms with Crippen molar-refractivity contribution in [2.45, 2.75) is 13.3 Å². The first-order valence-corrected chi connectivity index (χ1v) is 5.30. The van der Waals surface area contributed by atoms with E-state index in [4.69, 9.17) is 17.3 Å². The van der Waals surface area contributed by atoms with Crippen LogP contribution in [0.4, 0.5) is 5.69 Å². The second-order valence-corrected chi connectivity index (χ2v) is 4.24. The van der Waals surface area contributed by atoms with E-state index in [0.29, 0.717) is 18.0 Å². The predicted molar refractivity (Wildman–Crippen MR) is 61.1 cm³/mol. The molecule has 2 rings (SSSR count). The van der Waals surface area contributed by atoms with E-state index in [9.17, 15) is 4.79 Å². The van der Waals surface area contributed by atoms with Gasteiger partial charge in [-0.25, -0.2) is 0 Å². The molecule has 4 heteroatoms. The molecule has 0 spiro atoms. The highest BCUT2D eigenvalue weighted by Crippen LogP contribution is 2.32. The first-order valence-electron chi connectivity index (χ1n) is 4.92. The van der Waals surface area contributed by atoms with E-state index in [1.165, 1.54) is 0 Å². The molecule has 0 bridgehead atoms. The van der Waals surface area contributed by atoms with E-state index in [1.54, 1.807) is 0 Å².